The summed E-state index contributed by atoms with van der Waals surface area (Å²) >= 11 is 0. The number of anilines is 1. The van der Waals surface area contributed by atoms with Crippen molar-refractivity contribution in [3.63, 3.8) is 0 Å². The standard InChI is InChI=1S/C27H22FN3O4/c1-15-12-23(35-31-15)30-26(32)19-5-3-4-17(13-19)18-8-11-22-21(14-18)24(27(33)29-2)25(34-22)16-6-9-20(28)10-7-16/h3-9,11-14,20H,10H2,1-2H3,(H,29,33)(H,30,32). The van der Waals surface area contributed by atoms with Gasteiger partial charge in [0.05, 0.1) is 11.3 Å². The van der Waals surface area contributed by atoms with Gasteiger partial charge in [0.1, 0.15) is 17.5 Å². The highest BCUT2D eigenvalue weighted by molar-refractivity contribution is 6.11. The van der Waals surface area contributed by atoms with Crippen LogP contribution in [0.4, 0.5) is 10.3 Å². The lowest BCUT2D eigenvalue weighted by Gasteiger charge is -2.09. The summed E-state index contributed by atoms with van der Waals surface area (Å²) in [7, 11) is 1.55. The molecular formula is C27H22FN3O4. The van der Waals surface area contributed by atoms with Crippen molar-refractivity contribution < 1.29 is 22.9 Å². The topological polar surface area (TPSA) is 97.4 Å². The molecule has 2 aromatic heterocycles. The lowest BCUT2D eigenvalue weighted by Crippen LogP contribution is -2.18. The molecule has 0 bridgehead atoms. The summed E-state index contributed by atoms with van der Waals surface area (Å²) in [6.45, 7) is 1.77. The van der Waals surface area contributed by atoms with Gasteiger partial charge in [-0.2, -0.15) is 0 Å². The van der Waals surface area contributed by atoms with Crippen molar-refractivity contribution in [1.82, 2.24) is 10.5 Å². The molecule has 2 amide bonds. The molecule has 0 radical (unpaired) electrons. The first-order valence-corrected chi connectivity index (χ1v) is 11.1. The molecular weight excluding hydrogens is 449 g/mol. The zero-order valence-corrected chi connectivity index (χ0v) is 19.1. The van der Waals surface area contributed by atoms with E-state index < -0.39 is 6.17 Å². The van der Waals surface area contributed by atoms with Crippen LogP contribution in [0.25, 0.3) is 27.7 Å². The quantitative estimate of drug-likeness (QED) is 0.390. The maximum absolute atomic E-state index is 13.6. The van der Waals surface area contributed by atoms with Crippen LogP contribution in [0.5, 0.6) is 0 Å². The third kappa shape index (κ3) is 4.38. The molecule has 0 aliphatic heterocycles. The molecule has 0 saturated heterocycles. The highest BCUT2D eigenvalue weighted by Gasteiger charge is 2.24. The summed E-state index contributed by atoms with van der Waals surface area (Å²) in [6.07, 6.45) is 4.00. The van der Waals surface area contributed by atoms with Gasteiger partial charge < -0.3 is 14.3 Å². The third-order valence-electron chi connectivity index (χ3n) is 5.77. The van der Waals surface area contributed by atoms with Crippen LogP contribution in [-0.4, -0.2) is 30.2 Å². The largest absolute Gasteiger partial charge is 0.455 e. The van der Waals surface area contributed by atoms with E-state index in [4.69, 9.17) is 8.94 Å². The van der Waals surface area contributed by atoms with E-state index in [0.717, 1.165) is 11.1 Å². The Morgan fingerprint density at radius 3 is 2.63 bits per heavy atom. The Hall–Kier alpha value is -4.46. The van der Waals surface area contributed by atoms with Crippen molar-refractivity contribution in [3.05, 3.63) is 89.3 Å². The van der Waals surface area contributed by atoms with E-state index in [1.165, 1.54) is 6.08 Å². The van der Waals surface area contributed by atoms with Crippen molar-refractivity contribution >= 4 is 34.2 Å². The van der Waals surface area contributed by atoms with Crippen molar-refractivity contribution in [2.45, 2.75) is 19.5 Å². The summed E-state index contributed by atoms with van der Waals surface area (Å²) in [5.41, 5.74) is 4.28. The number of allylic oxidation sites excluding steroid dienone is 4. The number of carbonyl (C=O) groups excluding carboxylic acids is 2. The fourth-order valence-electron chi connectivity index (χ4n) is 4.04. The van der Waals surface area contributed by atoms with Crippen LogP contribution >= 0.6 is 0 Å². The first-order valence-electron chi connectivity index (χ1n) is 11.1. The second kappa shape index (κ2) is 9.06. The Morgan fingerprint density at radius 1 is 1.09 bits per heavy atom. The lowest BCUT2D eigenvalue weighted by molar-refractivity contribution is 0.0962. The number of hydrogen-bond donors (Lipinski definition) is 2. The smallest absolute Gasteiger partial charge is 0.258 e. The Kier molecular flexibility index (Phi) is 5.78. The van der Waals surface area contributed by atoms with Crippen LogP contribution in [0, 0.1) is 6.92 Å². The molecule has 0 saturated carbocycles. The zero-order valence-electron chi connectivity index (χ0n) is 19.1. The summed E-state index contributed by atoms with van der Waals surface area (Å²) in [4.78, 5) is 25.5. The Bertz CT molecular complexity index is 1510. The van der Waals surface area contributed by atoms with Gasteiger partial charge in [-0.1, -0.05) is 35.5 Å². The molecule has 2 heterocycles. The molecule has 0 fully saturated rings. The minimum Gasteiger partial charge on any atom is -0.455 e. The average Bonchev–Trinajstić information content (AvgIpc) is 3.46. The minimum atomic E-state index is -1.05. The van der Waals surface area contributed by atoms with Crippen LogP contribution in [0.3, 0.4) is 0 Å². The molecule has 8 heteroatoms. The highest BCUT2D eigenvalue weighted by atomic mass is 19.1. The van der Waals surface area contributed by atoms with Crippen molar-refractivity contribution in [3.8, 4) is 11.1 Å². The van der Waals surface area contributed by atoms with Crippen LogP contribution in [0.2, 0.25) is 0 Å². The van der Waals surface area contributed by atoms with E-state index in [1.54, 1.807) is 56.5 Å². The molecule has 35 heavy (non-hydrogen) atoms. The number of halogens is 1. The fraction of sp³-hybridized carbons (Fsp3) is 0.148. The molecule has 1 aliphatic carbocycles. The second-order valence-corrected chi connectivity index (χ2v) is 8.23. The van der Waals surface area contributed by atoms with Crippen molar-refractivity contribution in [1.29, 1.82) is 0 Å². The summed E-state index contributed by atoms with van der Waals surface area (Å²) in [5, 5.41) is 9.74. The average molecular weight is 471 g/mol. The van der Waals surface area contributed by atoms with Gasteiger partial charge in [0.25, 0.3) is 11.8 Å². The molecule has 2 aromatic carbocycles. The summed E-state index contributed by atoms with van der Waals surface area (Å²) in [6, 6.07) is 14.3. The molecule has 1 atom stereocenters. The Morgan fingerprint density at radius 2 is 1.91 bits per heavy atom. The van der Waals surface area contributed by atoms with E-state index in [-0.39, 0.29) is 24.1 Å². The zero-order chi connectivity index (χ0) is 24.5. The van der Waals surface area contributed by atoms with Gasteiger partial charge in [0.15, 0.2) is 0 Å². The highest BCUT2D eigenvalue weighted by Crippen LogP contribution is 2.36. The van der Waals surface area contributed by atoms with Gasteiger partial charge in [-0.05, 0) is 48.4 Å². The number of nitrogens with one attached hydrogen (secondary N) is 2. The van der Waals surface area contributed by atoms with E-state index in [1.807, 2.05) is 18.2 Å². The van der Waals surface area contributed by atoms with E-state index in [9.17, 15) is 14.0 Å². The Labute approximate surface area is 200 Å². The maximum atomic E-state index is 13.6. The SMILES string of the molecule is CNC(=O)c1c(C2=CCC(F)C=C2)oc2ccc(-c3cccc(C(=O)Nc4cc(C)no4)c3)cc12. The molecule has 176 valence electrons. The molecule has 5 rings (SSSR count). The van der Waals surface area contributed by atoms with Crippen molar-refractivity contribution in [2.24, 2.45) is 0 Å². The van der Waals surface area contributed by atoms with Crippen LogP contribution in [-0.2, 0) is 0 Å². The van der Waals surface area contributed by atoms with Crippen molar-refractivity contribution in [2.75, 3.05) is 12.4 Å². The van der Waals surface area contributed by atoms with Gasteiger partial charge in [-0.3, -0.25) is 14.9 Å². The molecule has 0 spiro atoms. The number of carbonyl (C=O) groups is 2. The third-order valence-corrected chi connectivity index (χ3v) is 5.77. The van der Waals surface area contributed by atoms with Gasteiger partial charge in [0, 0.05) is 36.1 Å². The Balaban J connectivity index is 1.53. The number of aryl methyl sites for hydroxylation is 1. The fourth-order valence-corrected chi connectivity index (χ4v) is 4.04. The molecule has 1 unspecified atom stereocenters. The minimum absolute atomic E-state index is 0.226. The van der Waals surface area contributed by atoms with E-state index in [0.29, 0.717) is 39.1 Å². The number of amides is 2. The predicted octanol–water partition coefficient (Wildman–Crippen LogP) is 5.69. The number of rotatable bonds is 5. The monoisotopic (exact) mass is 471 g/mol. The van der Waals surface area contributed by atoms with Crippen LogP contribution < -0.4 is 10.6 Å². The van der Waals surface area contributed by atoms with Crippen LogP contribution in [0.1, 0.15) is 38.6 Å². The molecule has 4 aromatic rings. The first kappa shape index (κ1) is 22.3. The number of nitrogens with zero attached hydrogens (tertiary/aromatic N) is 1. The number of alkyl halides is 1. The molecule has 2 N–H and O–H groups in total. The lowest BCUT2D eigenvalue weighted by atomic mass is 9.97. The number of fused-ring (bicyclic) bond motifs is 1. The number of furan rings is 1. The molecule has 7 nitrogen and oxygen atoms in total. The van der Waals surface area contributed by atoms with Gasteiger partial charge in [0.2, 0.25) is 5.88 Å². The van der Waals surface area contributed by atoms with Gasteiger partial charge >= 0.3 is 0 Å². The number of benzene rings is 2. The predicted molar refractivity (Wildman–Crippen MR) is 131 cm³/mol. The van der Waals surface area contributed by atoms with Gasteiger partial charge in [-0.25, -0.2) is 4.39 Å². The summed E-state index contributed by atoms with van der Waals surface area (Å²) in [5.74, 6) is 0.0340. The summed E-state index contributed by atoms with van der Waals surface area (Å²) < 4.78 is 24.7. The number of hydrogen-bond acceptors (Lipinski definition) is 5. The number of aromatic nitrogens is 1. The molecule has 1 aliphatic rings. The normalized spacial score (nSPS) is 15.2. The first-order chi connectivity index (χ1) is 16.9. The van der Waals surface area contributed by atoms with E-state index >= 15 is 0 Å². The van der Waals surface area contributed by atoms with Crippen LogP contribution in [0.15, 0.2) is 75.7 Å². The van der Waals surface area contributed by atoms with E-state index in [2.05, 4.69) is 15.8 Å². The maximum Gasteiger partial charge on any atom is 0.258 e. The second-order valence-electron chi connectivity index (χ2n) is 8.23. The van der Waals surface area contributed by atoms with Gasteiger partial charge in [-0.15, -0.1) is 0 Å².